The third-order valence-electron chi connectivity index (χ3n) is 4.83. The van der Waals surface area contributed by atoms with Crippen LogP contribution >= 0.6 is 0 Å². The van der Waals surface area contributed by atoms with Crippen LogP contribution in [-0.4, -0.2) is 53.6 Å². The summed E-state index contributed by atoms with van der Waals surface area (Å²) in [7, 11) is -4.76. The van der Waals surface area contributed by atoms with E-state index in [0.717, 1.165) is 18.9 Å². The average molecular weight is 471 g/mol. The van der Waals surface area contributed by atoms with E-state index in [9.17, 15) is 23.4 Å². The molecule has 1 aliphatic heterocycles. The Hall–Kier alpha value is -2.04. The van der Waals surface area contributed by atoms with E-state index >= 15 is 0 Å². The molecule has 5 atom stereocenters. The minimum atomic E-state index is -4.76. The number of esters is 1. The van der Waals surface area contributed by atoms with Gasteiger partial charge in [-0.15, -0.1) is 0 Å². The van der Waals surface area contributed by atoms with Crippen LogP contribution in [0.1, 0.15) is 46.0 Å². The summed E-state index contributed by atoms with van der Waals surface area (Å²) in [6.45, 7) is 3.73. The summed E-state index contributed by atoms with van der Waals surface area (Å²) in [6, 6.07) is 0. The molecule has 0 fully saturated rings. The van der Waals surface area contributed by atoms with Crippen molar-refractivity contribution in [2.75, 3.05) is 0 Å². The zero-order valence-electron chi connectivity index (χ0n) is 18.5. The minimum Gasteiger partial charge on any atom is -0.452 e. The maximum Gasteiger partial charge on any atom is 0.397 e. The number of allylic oxidation sites excluding steroid dienone is 5. The van der Waals surface area contributed by atoms with E-state index in [1.165, 1.54) is 37.1 Å². The zero-order valence-corrected chi connectivity index (χ0v) is 19.3. The fourth-order valence-corrected chi connectivity index (χ4v) is 3.48. The molecule has 0 radical (unpaired) electrons. The standard InChI is InChI=1S/C23H34O8S/c1-3-4-5-6-7-8-9-10-11-13-19(24)18(2)21(31-32(27,28)29)14-12-15-22-20(25)16-17-23(26)30-22/h7-13,15-22,24-25H,3-6,14H2,1-2H3,(H,27,28,29)/b8-7+,10-9+,13-11+,15-12+/t18-,19-,20-,21-,22-/m1/s1. The smallest absolute Gasteiger partial charge is 0.397 e. The van der Waals surface area contributed by atoms with Crippen LogP contribution in [0.3, 0.4) is 0 Å². The molecule has 0 aromatic carbocycles. The van der Waals surface area contributed by atoms with Crippen LogP contribution in [-0.2, 0) is 24.1 Å². The fraction of sp³-hybridized carbons (Fsp3) is 0.522. The van der Waals surface area contributed by atoms with E-state index in [1.807, 2.05) is 12.2 Å². The van der Waals surface area contributed by atoms with Crippen molar-refractivity contribution in [2.24, 2.45) is 5.92 Å². The van der Waals surface area contributed by atoms with Gasteiger partial charge in [0, 0.05) is 12.0 Å². The topological polar surface area (TPSA) is 130 Å². The summed E-state index contributed by atoms with van der Waals surface area (Å²) in [5.74, 6) is -1.30. The second kappa shape index (κ2) is 14.9. The van der Waals surface area contributed by atoms with E-state index < -0.39 is 46.7 Å². The van der Waals surface area contributed by atoms with Gasteiger partial charge < -0.3 is 14.9 Å². The number of cyclic esters (lactones) is 1. The first-order chi connectivity index (χ1) is 15.1. The first-order valence-electron chi connectivity index (χ1n) is 10.7. The van der Waals surface area contributed by atoms with E-state index in [0.29, 0.717) is 0 Å². The molecule has 0 amide bonds. The Bertz CT molecular complexity index is 810. The first kappa shape index (κ1) is 28.0. The van der Waals surface area contributed by atoms with Crippen molar-refractivity contribution >= 4 is 16.4 Å². The lowest BCUT2D eigenvalue weighted by Crippen LogP contribution is -2.33. The molecule has 9 heteroatoms. The molecule has 1 heterocycles. The predicted molar refractivity (Wildman–Crippen MR) is 122 cm³/mol. The summed E-state index contributed by atoms with van der Waals surface area (Å²) in [5, 5.41) is 20.2. The molecule has 8 nitrogen and oxygen atoms in total. The number of aliphatic hydroxyl groups excluding tert-OH is 2. The molecule has 0 spiro atoms. The lowest BCUT2D eigenvalue weighted by Gasteiger charge is -2.25. The predicted octanol–water partition coefficient (Wildman–Crippen LogP) is 3.21. The molecule has 0 bridgehead atoms. The van der Waals surface area contributed by atoms with Gasteiger partial charge in [-0.1, -0.05) is 69.2 Å². The first-order valence-corrected chi connectivity index (χ1v) is 12.1. The molecule has 0 saturated heterocycles. The second-order valence-corrected chi connectivity index (χ2v) is 8.57. The summed E-state index contributed by atoms with van der Waals surface area (Å²) in [4.78, 5) is 11.3. The van der Waals surface area contributed by atoms with Gasteiger partial charge in [0.15, 0.2) is 0 Å². The van der Waals surface area contributed by atoms with E-state index in [2.05, 4.69) is 13.0 Å². The van der Waals surface area contributed by atoms with Crippen molar-refractivity contribution in [2.45, 2.75) is 70.4 Å². The number of hydrogen-bond acceptors (Lipinski definition) is 7. The van der Waals surface area contributed by atoms with Gasteiger partial charge in [-0.2, -0.15) is 8.42 Å². The van der Waals surface area contributed by atoms with Crippen LogP contribution in [0.15, 0.2) is 60.8 Å². The summed E-state index contributed by atoms with van der Waals surface area (Å²) < 4.78 is 41.2. The van der Waals surface area contributed by atoms with Crippen LogP contribution in [0.25, 0.3) is 0 Å². The monoisotopic (exact) mass is 470 g/mol. The van der Waals surface area contributed by atoms with Gasteiger partial charge in [0.2, 0.25) is 0 Å². The molecule has 32 heavy (non-hydrogen) atoms. The Morgan fingerprint density at radius 3 is 2.59 bits per heavy atom. The van der Waals surface area contributed by atoms with Crippen molar-refractivity contribution in [1.82, 2.24) is 0 Å². The van der Waals surface area contributed by atoms with Crippen LogP contribution in [0, 0.1) is 5.92 Å². The van der Waals surface area contributed by atoms with E-state index in [-0.39, 0.29) is 6.42 Å². The number of carbonyl (C=O) groups excluding carboxylic acids is 1. The van der Waals surface area contributed by atoms with Gasteiger partial charge in [0.25, 0.3) is 0 Å². The van der Waals surface area contributed by atoms with Gasteiger partial charge in [0.05, 0.1) is 12.2 Å². The number of carbonyl (C=O) groups is 1. The van der Waals surface area contributed by atoms with Crippen LogP contribution in [0.2, 0.25) is 0 Å². The highest BCUT2D eigenvalue weighted by Crippen LogP contribution is 2.20. The summed E-state index contributed by atoms with van der Waals surface area (Å²) in [5.41, 5.74) is 0. The highest BCUT2D eigenvalue weighted by molar-refractivity contribution is 7.80. The van der Waals surface area contributed by atoms with Gasteiger partial charge in [-0.3, -0.25) is 4.55 Å². The molecule has 0 aromatic rings. The minimum absolute atomic E-state index is 0.0212. The molecule has 3 N–H and O–H groups in total. The number of rotatable bonds is 14. The largest absolute Gasteiger partial charge is 0.452 e. The van der Waals surface area contributed by atoms with Crippen molar-refractivity contribution in [1.29, 1.82) is 0 Å². The van der Waals surface area contributed by atoms with Crippen molar-refractivity contribution in [3.05, 3.63) is 60.8 Å². The van der Waals surface area contributed by atoms with E-state index in [4.69, 9.17) is 13.5 Å². The SMILES string of the molecule is CCCCC/C=C/C=C/C=C/[C@@H](O)[C@@H](C)[C@@H](C/C=C/[C@H]1OC(=O)C=C[C@H]1O)OS(=O)(=O)O. The summed E-state index contributed by atoms with van der Waals surface area (Å²) >= 11 is 0. The molecular formula is C23H34O8S. The lowest BCUT2D eigenvalue weighted by atomic mass is 9.95. The van der Waals surface area contributed by atoms with Gasteiger partial charge in [-0.05, 0) is 31.4 Å². The van der Waals surface area contributed by atoms with Crippen LogP contribution < -0.4 is 0 Å². The maximum absolute atomic E-state index is 11.3. The van der Waals surface area contributed by atoms with Crippen molar-refractivity contribution in [3.8, 4) is 0 Å². The molecule has 1 rings (SSSR count). The molecule has 0 aliphatic carbocycles. The molecule has 0 unspecified atom stereocenters. The zero-order chi connectivity index (χ0) is 24.0. The molecule has 180 valence electrons. The van der Waals surface area contributed by atoms with Gasteiger partial charge >= 0.3 is 16.4 Å². The Balaban J connectivity index is 2.67. The molecule has 0 aromatic heterocycles. The molecule has 1 aliphatic rings. The van der Waals surface area contributed by atoms with Crippen molar-refractivity contribution in [3.63, 3.8) is 0 Å². The van der Waals surface area contributed by atoms with Crippen LogP contribution in [0.5, 0.6) is 0 Å². The Labute approximate surface area is 190 Å². The Kier molecular flexibility index (Phi) is 13.0. The normalized spacial score (nSPS) is 22.8. The Morgan fingerprint density at radius 2 is 1.91 bits per heavy atom. The lowest BCUT2D eigenvalue weighted by molar-refractivity contribution is -0.146. The second-order valence-electron chi connectivity index (χ2n) is 7.52. The van der Waals surface area contributed by atoms with E-state index in [1.54, 1.807) is 19.1 Å². The van der Waals surface area contributed by atoms with Gasteiger partial charge in [0.1, 0.15) is 12.2 Å². The number of ether oxygens (including phenoxy) is 1. The average Bonchev–Trinajstić information content (AvgIpc) is 2.72. The number of aliphatic hydroxyl groups is 2. The molecular weight excluding hydrogens is 436 g/mol. The number of unbranched alkanes of at least 4 members (excludes halogenated alkanes) is 3. The quantitative estimate of drug-likeness (QED) is 0.116. The molecule has 0 saturated carbocycles. The number of hydrogen-bond donors (Lipinski definition) is 3. The highest BCUT2D eigenvalue weighted by Gasteiger charge is 2.28. The third-order valence-corrected chi connectivity index (χ3v) is 5.33. The Morgan fingerprint density at radius 1 is 1.19 bits per heavy atom. The third kappa shape index (κ3) is 12.1. The van der Waals surface area contributed by atoms with Crippen LogP contribution in [0.4, 0.5) is 0 Å². The summed E-state index contributed by atoms with van der Waals surface area (Å²) in [6.07, 6.45) is 16.4. The fourth-order valence-electron chi connectivity index (χ4n) is 2.92. The van der Waals surface area contributed by atoms with Gasteiger partial charge in [-0.25, -0.2) is 8.98 Å². The van der Waals surface area contributed by atoms with Crippen molar-refractivity contribution < 1.29 is 36.9 Å². The highest BCUT2D eigenvalue weighted by atomic mass is 32.3. The maximum atomic E-state index is 11.3.